The zero-order valence-corrected chi connectivity index (χ0v) is 82.1. The van der Waals surface area contributed by atoms with Gasteiger partial charge in [0.1, 0.15) is 0 Å². The van der Waals surface area contributed by atoms with Gasteiger partial charge in [-0.05, 0) is 277 Å². The van der Waals surface area contributed by atoms with Crippen LogP contribution in [-0.2, 0) is 0 Å². The van der Waals surface area contributed by atoms with Gasteiger partial charge >= 0.3 is 0 Å². The van der Waals surface area contributed by atoms with E-state index in [0.717, 1.165) is 28.4 Å². The molecular weight excluding hydrogens is 1810 g/mol. The van der Waals surface area contributed by atoms with Gasteiger partial charge in [0.05, 0.1) is 66.2 Å². The number of hydrogen-bond donors (Lipinski definition) is 0. The van der Waals surface area contributed by atoms with Crippen LogP contribution in [0.25, 0.3) is 265 Å². The first-order valence-corrected chi connectivity index (χ1v) is 51.6. The van der Waals surface area contributed by atoms with Crippen molar-refractivity contribution in [2.24, 2.45) is 0 Å². The van der Waals surface area contributed by atoms with Gasteiger partial charge in [0.2, 0.25) is 0 Å². The third-order valence-corrected chi connectivity index (χ3v) is 30.3. The summed E-state index contributed by atoms with van der Waals surface area (Å²) in [6, 6.07) is 211. The number of fused-ring (bicyclic) bond motifs is 18. The van der Waals surface area contributed by atoms with E-state index in [4.69, 9.17) is 0 Å². The Bertz CT molecular complexity index is 10200. The average molecular weight is 1910 g/mol. The maximum Gasteiger partial charge on any atom is 0.0619 e. The fourth-order valence-electron chi connectivity index (χ4n) is 23.3. The monoisotopic (exact) mass is 1910 g/mol. The molecule has 702 valence electrons. The number of aromatic nitrogens is 6. The summed E-state index contributed by atoms with van der Waals surface area (Å²) in [4.78, 5) is 0. The molecule has 24 aromatic carbocycles. The third kappa shape index (κ3) is 15.5. The Balaban J connectivity index is 0.000000108. The van der Waals surface area contributed by atoms with E-state index in [9.17, 15) is 0 Å². The summed E-state index contributed by atoms with van der Waals surface area (Å²) in [6.45, 7) is 0. The van der Waals surface area contributed by atoms with Crippen LogP contribution < -0.4 is 0 Å². The van der Waals surface area contributed by atoms with Gasteiger partial charge in [-0.15, -0.1) is 0 Å². The second-order valence-corrected chi connectivity index (χ2v) is 39.0. The first kappa shape index (κ1) is 87.8. The number of nitrogens with zero attached hydrogens (tertiary/aromatic N) is 6. The largest absolute Gasteiger partial charge is 0.309 e. The molecule has 6 heteroatoms. The minimum absolute atomic E-state index is 1.16. The molecule has 0 spiro atoms. The maximum atomic E-state index is 2.43. The number of benzene rings is 24. The van der Waals surface area contributed by atoms with Crippen LogP contribution in [-0.4, -0.2) is 27.4 Å². The first-order valence-electron chi connectivity index (χ1n) is 51.6. The van der Waals surface area contributed by atoms with Crippen molar-refractivity contribution in [1.82, 2.24) is 27.4 Å². The van der Waals surface area contributed by atoms with Crippen molar-refractivity contribution in [1.29, 1.82) is 0 Å². The van der Waals surface area contributed by atoms with Gasteiger partial charge in [0, 0.05) is 104 Å². The van der Waals surface area contributed by atoms with Gasteiger partial charge in [-0.3, -0.25) is 0 Å². The molecule has 0 atom stereocenters. The Morgan fingerprint density at radius 2 is 0.273 bits per heavy atom. The molecule has 6 aromatic heterocycles. The highest BCUT2D eigenvalue weighted by Gasteiger charge is 2.25. The average Bonchev–Trinajstić information content (AvgIpc) is 1.59. The quantitative estimate of drug-likeness (QED) is 0.0979. The van der Waals surface area contributed by atoms with Gasteiger partial charge in [-0.1, -0.05) is 400 Å². The molecule has 0 amide bonds. The topological polar surface area (TPSA) is 29.6 Å². The van der Waals surface area contributed by atoms with E-state index in [1.807, 2.05) is 0 Å². The second-order valence-electron chi connectivity index (χ2n) is 39.0. The number of para-hydroxylation sites is 7. The molecule has 0 saturated heterocycles. The molecule has 0 N–H and O–H groups in total. The predicted octanol–water partition coefficient (Wildman–Crippen LogP) is 38.6. The molecule has 30 rings (SSSR count). The van der Waals surface area contributed by atoms with E-state index in [0.29, 0.717) is 0 Å². The highest BCUT2D eigenvalue weighted by Crippen LogP contribution is 2.48. The summed E-state index contributed by atoms with van der Waals surface area (Å²) in [5, 5.41) is 15.0. The number of rotatable bonds is 15. The van der Waals surface area contributed by atoms with Crippen molar-refractivity contribution in [3.63, 3.8) is 0 Å². The fraction of sp³-hybridized carbons (Fsp3) is 0. The van der Waals surface area contributed by atoms with Crippen molar-refractivity contribution < 1.29 is 0 Å². The van der Waals surface area contributed by atoms with Crippen molar-refractivity contribution >= 4 is 131 Å². The normalized spacial score (nSPS) is 11.6. The van der Waals surface area contributed by atoms with E-state index < -0.39 is 0 Å². The predicted molar refractivity (Wildman–Crippen MR) is 634 cm³/mol. The lowest BCUT2D eigenvalue weighted by atomic mass is 9.99. The van der Waals surface area contributed by atoms with Crippen LogP contribution in [0.3, 0.4) is 0 Å². The van der Waals surface area contributed by atoms with E-state index in [2.05, 4.69) is 610 Å². The SMILES string of the molecule is c1ccc(-c2cccc(-n3c4ccccc4c4cc(-c5ccc6c(c5)c5cc(-c7ccccc7)ccc5n6-c5ccccc5)ccc43)c2)cc1.c1ccc(-c2cccc(-n3c4ccccc4c4cc(-c5ccc6c(c5)c5ccc(-c7ccccc7)cc5n6-c5ccccc5)ccc43)c2)cc1.c1ccc(-c2cccc(-n3c4ccccc4c4cc(-c5ccc6c(c5)c5cccc(-c7ccccc7)c5n6-c5ccccc5)ccc43)c2)cc1. The standard InChI is InChI=1S/3C48H32N2/c1-4-14-33(15-5-1)35-18-12-21-39(30-35)49-45-25-11-10-22-41(45)43-31-36(26-28-46(43)49)37-27-29-47-44(32-37)42-24-13-23-40(34-16-6-2-7-17-34)48(42)50(47)38-19-8-3-9-20-38;1-4-13-33(14-5-1)35-17-12-20-40(29-35)50-45-22-11-10-21-41(45)43-30-36(25-28-47(43)50)37-24-27-46-44(31-37)42-26-23-38(34-15-6-2-7-16-34)32-48(42)49(46)39-18-8-3-9-19-39;1-4-13-33(14-5-1)35-17-12-20-40(29-35)50-45-22-11-10-21-41(45)42-31-37(24-27-46(42)50)38-25-28-48-44(32-38)43-30-36(34-15-6-2-7-16-34)23-26-47(43)49(48)39-18-8-3-9-19-39/h3*1-32H. The molecule has 30 aromatic rings. The molecular formula is C144H96N6. The Kier molecular flexibility index (Phi) is 21.9. The molecule has 0 aliphatic heterocycles. The molecule has 0 aliphatic carbocycles. The Morgan fingerprint density at radius 1 is 0.0867 bits per heavy atom. The molecule has 6 heterocycles. The Hall–Kier alpha value is -19.9. The van der Waals surface area contributed by atoms with Crippen LogP contribution in [0, 0.1) is 0 Å². The lowest BCUT2D eigenvalue weighted by molar-refractivity contribution is 1.18. The van der Waals surface area contributed by atoms with Crippen LogP contribution in [0.4, 0.5) is 0 Å². The minimum Gasteiger partial charge on any atom is -0.309 e. The van der Waals surface area contributed by atoms with E-state index in [1.54, 1.807) is 0 Å². The van der Waals surface area contributed by atoms with Crippen LogP contribution >= 0.6 is 0 Å². The van der Waals surface area contributed by atoms with E-state index >= 15 is 0 Å². The molecule has 0 aliphatic rings. The fourth-order valence-corrected chi connectivity index (χ4v) is 23.3. The van der Waals surface area contributed by atoms with Crippen molar-refractivity contribution in [3.8, 4) is 134 Å². The Morgan fingerprint density at radius 3 is 0.593 bits per heavy atom. The van der Waals surface area contributed by atoms with E-state index in [-0.39, 0.29) is 0 Å². The summed E-state index contributed by atoms with van der Waals surface area (Å²) in [5.41, 5.74) is 43.4. The molecule has 0 unspecified atom stereocenters. The van der Waals surface area contributed by atoms with E-state index in [1.165, 1.54) is 237 Å². The highest BCUT2D eigenvalue weighted by atomic mass is 15.0. The molecule has 150 heavy (non-hydrogen) atoms. The zero-order valence-electron chi connectivity index (χ0n) is 82.1. The highest BCUT2D eigenvalue weighted by molar-refractivity contribution is 6.19. The zero-order chi connectivity index (χ0) is 99.1. The third-order valence-electron chi connectivity index (χ3n) is 30.3. The molecule has 0 fully saturated rings. The molecule has 6 nitrogen and oxygen atoms in total. The van der Waals surface area contributed by atoms with Crippen molar-refractivity contribution in [3.05, 3.63) is 582 Å². The summed E-state index contributed by atoms with van der Waals surface area (Å²) in [5.74, 6) is 0. The van der Waals surface area contributed by atoms with Crippen molar-refractivity contribution in [2.45, 2.75) is 0 Å². The van der Waals surface area contributed by atoms with Gasteiger partial charge in [-0.2, -0.15) is 0 Å². The minimum atomic E-state index is 1.16. The Labute approximate surface area is 868 Å². The summed E-state index contributed by atoms with van der Waals surface area (Å²) in [7, 11) is 0. The second kappa shape index (κ2) is 37.4. The summed E-state index contributed by atoms with van der Waals surface area (Å²) < 4.78 is 14.4. The van der Waals surface area contributed by atoms with Gasteiger partial charge in [0.15, 0.2) is 0 Å². The van der Waals surface area contributed by atoms with Gasteiger partial charge in [-0.25, -0.2) is 0 Å². The van der Waals surface area contributed by atoms with Crippen LogP contribution in [0.2, 0.25) is 0 Å². The smallest absolute Gasteiger partial charge is 0.0619 e. The maximum absolute atomic E-state index is 2.43. The van der Waals surface area contributed by atoms with Crippen LogP contribution in [0.5, 0.6) is 0 Å². The lowest BCUT2D eigenvalue weighted by Crippen LogP contribution is -1.95. The summed E-state index contributed by atoms with van der Waals surface area (Å²) >= 11 is 0. The molecule has 0 radical (unpaired) electrons. The molecule has 0 bridgehead atoms. The van der Waals surface area contributed by atoms with Crippen LogP contribution in [0.1, 0.15) is 0 Å². The number of hydrogen-bond acceptors (Lipinski definition) is 0. The van der Waals surface area contributed by atoms with Crippen molar-refractivity contribution in [2.75, 3.05) is 0 Å². The molecule has 0 saturated carbocycles. The van der Waals surface area contributed by atoms with Crippen LogP contribution in [0.15, 0.2) is 582 Å². The van der Waals surface area contributed by atoms with Gasteiger partial charge < -0.3 is 27.4 Å². The summed E-state index contributed by atoms with van der Waals surface area (Å²) in [6.07, 6.45) is 0. The lowest BCUT2D eigenvalue weighted by Gasteiger charge is -2.12. The van der Waals surface area contributed by atoms with Gasteiger partial charge in [0.25, 0.3) is 0 Å². The first-order chi connectivity index (χ1) is 74.4.